The van der Waals surface area contributed by atoms with Crippen LogP contribution in [0.2, 0.25) is 0 Å². The number of ether oxygens (including phenoxy) is 1. The van der Waals surface area contributed by atoms with Crippen molar-refractivity contribution in [2.45, 2.75) is 6.42 Å². The van der Waals surface area contributed by atoms with E-state index >= 15 is 0 Å². The molecule has 17 heavy (non-hydrogen) atoms. The molecule has 94 valence electrons. The van der Waals surface area contributed by atoms with Crippen LogP contribution in [0.4, 0.5) is 5.69 Å². The first kappa shape index (κ1) is 13.8. The number of halogens is 1. The molecule has 0 aliphatic carbocycles. The van der Waals surface area contributed by atoms with E-state index in [-0.39, 0.29) is 24.2 Å². The fourth-order valence-corrected chi connectivity index (χ4v) is 1.86. The van der Waals surface area contributed by atoms with E-state index in [1.165, 1.54) is 0 Å². The van der Waals surface area contributed by atoms with Gasteiger partial charge in [0.2, 0.25) is 5.91 Å². The van der Waals surface area contributed by atoms with Crippen molar-refractivity contribution >= 4 is 24.0 Å². The molecule has 0 spiro atoms. The van der Waals surface area contributed by atoms with Gasteiger partial charge in [-0.05, 0) is 25.1 Å². The van der Waals surface area contributed by atoms with Crippen LogP contribution in [0.3, 0.4) is 0 Å². The molecule has 1 atom stereocenters. The zero-order chi connectivity index (χ0) is 11.4. The molecular weight excluding hydrogens is 240 g/mol. The van der Waals surface area contributed by atoms with Gasteiger partial charge in [-0.1, -0.05) is 12.1 Å². The second-order valence-corrected chi connectivity index (χ2v) is 3.88. The highest BCUT2D eigenvalue weighted by Gasteiger charge is 2.22. The zero-order valence-electron chi connectivity index (χ0n) is 9.73. The molecular formula is C12H17ClN2O2. The Kier molecular flexibility index (Phi) is 5.25. The number of anilines is 1. The molecule has 2 rings (SSSR count). The van der Waals surface area contributed by atoms with Crippen molar-refractivity contribution in [2.24, 2.45) is 5.92 Å². The summed E-state index contributed by atoms with van der Waals surface area (Å²) in [4.78, 5) is 11.9. The van der Waals surface area contributed by atoms with Crippen molar-refractivity contribution in [3.8, 4) is 5.75 Å². The maximum atomic E-state index is 11.9. The minimum Gasteiger partial charge on any atom is -0.495 e. The van der Waals surface area contributed by atoms with Crippen LogP contribution in [-0.4, -0.2) is 26.1 Å². The summed E-state index contributed by atoms with van der Waals surface area (Å²) in [6.07, 6.45) is 0.904. The Balaban J connectivity index is 0.00000144. The highest BCUT2D eigenvalue weighted by Crippen LogP contribution is 2.24. The van der Waals surface area contributed by atoms with Crippen molar-refractivity contribution in [1.29, 1.82) is 0 Å². The molecule has 0 aromatic heterocycles. The maximum Gasteiger partial charge on any atom is 0.228 e. The maximum absolute atomic E-state index is 11.9. The Morgan fingerprint density at radius 2 is 2.24 bits per heavy atom. The van der Waals surface area contributed by atoms with E-state index in [0.717, 1.165) is 25.2 Å². The fraction of sp³-hybridized carbons (Fsp3) is 0.417. The van der Waals surface area contributed by atoms with Gasteiger partial charge in [-0.3, -0.25) is 4.79 Å². The van der Waals surface area contributed by atoms with Gasteiger partial charge in [-0.25, -0.2) is 0 Å². The van der Waals surface area contributed by atoms with Gasteiger partial charge in [0.1, 0.15) is 5.75 Å². The Morgan fingerprint density at radius 3 is 2.88 bits per heavy atom. The van der Waals surface area contributed by atoms with E-state index in [2.05, 4.69) is 10.6 Å². The number of hydrogen-bond donors (Lipinski definition) is 2. The molecule has 0 radical (unpaired) electrons. The highest BCUT2D eigenvalue weighted by molar-refractivity contribution is 5.94. The largest absolute Gasteiger partial charge is 0.495 e. The molecule has 1 unspecified atom stereocenters. The number of para-hydroxylation sites is 2. The molecule has 1 aliphatic rings. The molecule has 0 bridgehead atoms. The SMILES string of the molecule is COc1ccccc1NC(=O)C1CCNC1.Cl. The van der Waals surface area contributed by atoms with Gasteiger partial charge in [0, 0.05) is 6.54 Å². The van der Waals surface area contributed by atoms with Crippen LogP contribution in [0, 0.1) is 5.92 Å². The summed E-state index contributed by atoms with van der Waals surface area (Å²) in [7, 11) is 1.60. The van der Waals surface area contributed by atoms with Gasteiger partial charge in [-0.2, -0.15) is 0 Å². The second kappa shape index (κ2) is 6.47. The van der Waals surface area contributed by atoms with Crippen molar-refractivity contribution in [2.75, 3.05) is 25.5 Å². The normalized spacial score (nSPS) is 18.3. The topological polar surface area (TPSA) is 50.4 Å². The highest BCUT2D eigenvalue weighted by atomic mass is 35.5. The summed E-state index contributed by atoms with van der Waals surface area (Å²) in [5, 5.41) is 6.07. The third kappa shape index (κ3) is 3.35. The smallest absolute Gasteiger partial charge is 0.228 e. The molecule has 1 aromatic carbocycles. The minimum absolute atomic E-state index is 0. The van der Waals surface area contributed by atoms with Crippen molar-refractivity contribution < 1.29 is 9.53 Å². The lowest BCUT2D eigenvalue weighted by Gasteiger charge is -2.12. The zero-order valence-corrected chi connectivity index (χ0v) is 10.5. The van der Waals surface area contributed by atoms with E-state index < -0.39 is 0 Å². The summed E-state index contributed by atoms with van der Waals surface area (Å²) in [6.45, 7) is 1.69. The Bertz CT molecular complexity index is 379. The van der Waals surface area contributed by atoms with Crippen molar-refractivity contribution in [3.05, 3.63) is 24.3 Å². The molecule has 4 nitrogen and oxygen atoms in total. The number of nitrogens with one attached hydrogen (secondary N) is 2. The average molecular weight is 257 g/mol. The molecule has 1 aromatic rings. The van der Waals surface area contributed by atoms with Crippen LogP contribution in [0.25, 0.3) is 0 Å². The molecule has 1 heterocycles. The lowest BCUT2D eigenvalue weighted by molar-refractivity contribution is -0.119. The Labute approximate surface area is 107 Å². The monoisotopic (exact) mass is 256 g/mol. The van der Waals surface area contributed by atoms with Crippen LogP contribution >= 0.6 is 12.4 Å². The van der Waals surface area contributed by atoms with Gasteiger partial charge in [0.05, 0.1) is 18.7 Å². The first-order chi connectivity index (χ1) is 7.81. The van der Waals surface area contributed by atoms with Crippen molar-refractivity contribution in [3.63, 3.8) is 0 Å². The predicted molar refractivity (Wildman–Crippen MR) is 69.8 cm³/mol. The van der Waals surface area contributed by atoms with Crippen LogP contribution in [-0.2, 0) is 4.79 Å². The molecule has 0 saturated carbocycles. The summed E-state index contributed by atoms with van der Waals surface area (Å²) in [5.74, 6) is 0.834. The van der Waals surface area contributed by atoms with Gasteiger partial charge in [0.25, 0.3) is 0 Å². The number of amides is 1. The molecule has 5 heteroatoms. The Morgan fingerprint density at radius 1 is 1.47 bits per heavy atom. The van der Waals surface area contributed by atoms with E-state index in [0.29, 0.717) is 5.75 Å². The fourth-order valence-electron chi connectivity index (χ4n) is 1.86. The predicted octanol–water partition coefficient (Wildman–Crippen LogP) is 1.66. The second-order valence-electron chi connectivity index (χ2n) is 3.88. The number of methoxy groups -OCH3 is 1. The number of hydrogen-bond acceptors (Lipinski definition) is 3. The number of rotatable bonds is 3. The lowest BCUT2D eigenvalue weighted by Crippen LogP contribution is -2.24. The summed E-state index contributed by atoms with van der Waals surface area (Å²) in [5.41, 5.74) is 0.738. The summed E-state index contributed by atoms with van der Waals surface area (Å²) < 4.78 is 5.18. The summed E-state index contributed by atoms with van der Waals surface area (Å²) >= 11 is 0. The summed E-state index contributed by atoms with van der Waals surface area (Å²) in [6, 6.07) is 7.44. The van der Waals surface area contributed by atoms with E-state index in [4.69, 9.17) is 4.74 Å². The molecule has 1 fully saturated rings. The van der Waals surface area contributed by atoms with Crippen LogP contribution in [0.1, 0.15) is 6.42 Å². The minimum atomic E-state index is 0. The first-order valence-corrected chi connectivity index (χ1v) is 5.46. The van der Waals surface area contributed by atoms with Gasteiger partial charge >= 0.3 is 0 Å². The molecule has 1 saturated heterocycles. The van der Waals surface area contributed by atoms with Crippen LogP contribution in [0.5, 0.6) is 5.75 Å². The number of carbonyl (C=O) groups is 1. The molecule has 1 aliphatic heterocycles. The Hall–Kier alpha value is -1.26. The third-order valence-electron chi connectivity index (χ3n) is 2.80. The lowest BCUT2D eigenvalue weighted by atomic mass is 10.1. The number of carbonyl (C=O) groups excluding carboxylic acids is 1. The van der Waals surface area contributed by atoms with E-state index in [1.807, 2.05) is 24.3 Å². The third-order valence-corrected chi connectivity index (χ3v) is 2.80. The van der Waals surface area contributed by atoms with Gasteiger partial charge in [-0.15, -0.1) is 12.4 Å². The first-order valence-electron chi connectivity index (χ1n) is 5.46. The van der Waals surface area contributed by atoms with Gasteiger partial charge < -0.3 is 15.4 Å². The molecule has 2 N–H and O–H groups in total. The average Bonchev–Trinajstić information content (AvgIpc) is 2.83. The number of benzene rings is 1. The van der Waals surface area contributed by atoms with Gasteiger partial charge in [0.15, 0.2) is 0 Å². The standard InChI is InChI=1S/C12H16N2O2.ClH/c1-16-11-5-3-2-4-10(11)14-12(15)9-6-7-13-8-9;/h2-5,9,13H,6-8H2,1H3,(H,14,15);1H. The van der Waals surface area contributed by atoms with Crippen LogP contribution < -0.4 is 15.4 Å². The quantitative estimate of drug-likeness (QED) is 0.865. The van der Waals surface area contributed by atoms with Crippen molar-refractivity contribution in [1.82, 2.24) is 5.32 Å². The van der Waals surface area contributed by atoms with E-state index in [9.17, 15) is 4.79 Å². The van der Waals surface area contributed by atoms with Crippen LogP contribution in [0.15, 0.2) is 24.3 Å². The van der Waals surface area contributed by atoms with E-state index in [1.54, 1.807) is 7.11 Å². The molecule has 1 amide bonds.